The smallest absolute Gasteiger partial charge is 0.263 e. The predicted molar refractivity (Wildman–Crippen MR) is 116 cm³/mol. The highest BCUT2D eigenvalue weighted by Gasteiger charge is 2.18. The maximum Gasteiger partial charge on any atom is 0.263 e. The first-order valence-corrected chi connectivity index (χ1v) is 10.6. The molecule has 2 aromatic rings. The van der Waals surface area contributed by atoms with E-state index >= 15 is 0 Å². The maximum atomic E-state index is 12.9. The number of nitriles is 1. The van der Waals surface area contributed by atoms with Gasteiger partial charge in [-0.05, 0) is 72.9 Å². The van der Waals surface area contributed by atoms with E-state index in [0.717, 1.165) is 30.4 Å². The van der Waals surface area contributed by atoms with Gasteiger partial charge in [0.25, 0.3) is 5.91 Å². The molecule has 5 heteroatoms. The van der Waals surface area contributed by atoms with Crippen LogP contribution in [-0.2, 0) is 24.1 Å². The lowest BCUT2D eigenvalue weighted by molar-refractivity contribution is -0.117. The average Bonchev–Trinajstić information content (AvgIpc) is 2.78. The molecule has 0 bridgehead atoms. The molecular weight excluding hydrogens is 377 g/mol. The Morgan fingerprint density at radius 1 is 1.17 bits per heavy atom. The number of amides is 1. The van der Waals surface area contributed by atoms with Crippen LogP contribution in [0.1, 0.15) is 54.5 Å². The third-order valence-corrected chi connectivity index (χ3v) is 5.57. The Hall–Kier alpha value is -3.13. The minimum atomic E-state index is -0.378. The zero-order chi connectivity index (χ0) is 21.3. The molecule has 0 fully saturated rings. The summed E-state index contributed by atoms with van der Waals surface area (Å²) in [5.74, 6) is -0.643. The third-order valence-electron chi connectivity index (χ3n) is 5.57. The van der Waals surface area contributed by atoms with Crippen LogP contribution >= 0.6 is 0 Å². The summed E-state index contributed by atoms with van der Waals surface area (Å²) >= 11 is 0. The lowest BCUT2D eigenvalue weighted by atomic mass is 9.88. The molecule has 0 aliphatic heterocycles. The van der Waals surface area contributed by atoms with Gasteiger partial charge in [0.1, 0.15) is 17.5 Å². The van der Waals surface area contributed by atoms with Gasteiger partial charge in [0.05, 0.1) is 6.04 Å². The molecule has 0 heterocycles. The van der Waals surface area contributed by atoms with E-state index in [1.165, 1.54) is 42.3 Å². The Bertz CT molecular complexity index is 944. The lowest BCUT2D eigenvalue weighted by Crippen LogP contribution is -2.30. The van der Waals surface area contributed by atoms with E-state index in [0.29, 0.717) is 13.0 Å². The van der Waals surface area contributed by atoms with Crippen molar-refractivity contribution in [1.29, 1.82) is 5.26 Å². The monoisotopic (exact) mass is 405 g/mol. The highest BCUT2D eigenvalue weighted by atomic mass is 19.1. The van der Waals surface area contributed by atoms with Gasteiger partial charge in [-0.2, -0.15) is 5.26 Å². The molecule has 1 unspecified atom stereocenters. The van der Waals surface area contributed by atoms with E-state index in [-0.39, 0.29) is 23.3 Å². The number of rotatable bonds is 8. The van der Waals surface area contributed by atoms with Crippen LogP contribution in [0, 0.1) is 17.1 Å². The molecule has 1 atom stereocenters. The average molecular weight is 406 g/mol. The first-order valence-electron chi connectivity index (χ1n) is 10.6. The van der Waals surface area contributed by atoms with Crippen molar-refractivity contribution in [3.05, 3.63) is 82.3 Å². The van der Waals surface area contributed by atoms with Crippen molar-refractivity contribution in [2.24, 2.45) is 0 Å². The van der Waals surface area contributed by atoms with E-state index in [1.54, 1.807) is 12.1 Å². The van der Waals surface area contributed by atoms with Gasteiger partial charge in [-0.1, -0.05) is 37.3 Å². The fourth-order valence-electron chi connectivity index (χ4n) is 3.82. The number of carbonyl (C=O) groups is 1. The van der Waals surface area contributed by atoms with Crippen LogP contribution in [0.5, 0.6) is 0 Å². The predicted octanol–water partition coefficient (Wildman–Crippen LogP) is 4.51. The number of fused-ring (bicyclic) bond motifs is 1. The number of aryl methyl sites for hydroxylation is 2. The number of nitrogens with zero attached hydrogens (tertiary/aromatic N) is 1. The van der Waals surface area contributed by atoms with E-state index in [4.69, 9.17) is 0 Å². The fourth-order valence-corrected chi connectivity index (χ4v) is 3.82. The minimum absolute atomic E-state index is 0.0468. The van der Waals surface area contributed by atoms with Crippen LogP contribution < -0.4 is 10.6 Å². The Morgan fingerprint density at radius 2 is 1.90 bits per heavy atom. The summed E-state index contributed by atoms with van der Waals surface area (Å²) in [6, 6.07) is 14.6. The highest BCUT2D eigenvalue weighted by molar-refractivity contribution is 5.97. The van der Waals surface area contributed by atoms with Crippen molar-refractivity contribution in [3.63, 3.8) is 0 Å². The topological polar surface area (TPSA) is 64.9 Å². The standard InChI is InChI=1S/C25H28FN3O/c1-2-24(21-10-9-19-5-3-4-6-20(19)15-21)29-25(30)22(16-27)17-28-14-13-18-7-11-23(26)12-8-18/h7-12,15,17,24,28H,2-6,13-14H2,1H3,(H,29,30)/b22-17-. The summed E-state index contributed by atoms with van der Waals surface area (Å²) in [4.78, 5) is 12.6. The van der Waals surface area contributed by atoms with Gasteiger partial charge in [-0.3, -0.25) is 4.79 Å². The van der Waals surface area contributed by atoms with Crippen molar-refractivity contribution >= 4 is 5.91 Å². The van der Waals surface area contributed by atoms with Crippen LogP contribution in [0.4, 0.5) is 4.39 Å². The van der Waals surface area contributed by atoms with Gasteiger partial charge in [0.15, 0.2) is 0 Å². The summed E-state index contributed by atoms with van der Waals surface area (Å²) in [5, 5.41) is 15.4. The number of halogens is 1. The number of hydrogen-bond acceptors (Lipinski definition) is 3. The van der Waals surface area contributed by atoms with Gasteiger partial charge in [-0.25, -0.2) is 4.39 Å². The highest BCUT2D eigenvalue weighted by Crippen LogP contribution is 2.26. The second-order valence-corrected chi connectivity index (χ2v) is 7.67. The Balaban J connectivity index is 1.58. The molecule has 0 saturated carbocycles. The van der Waals surface area contributed by atoms with Crippen LogP contribution in [0.15, 0.2) is 54.2 Å². The molecule has 1 aliphatic rings. The fraction of sp³-hybridized carbons (Fsp3) is 0.360. The Morgan fingerprint density at radius 3 is 2.60 bits per heavy atom. The quantitative estimate of drug-likeness (QED) is 0.386. The number of benzene rings is 2. The summed E-state index contributed by atoms with van der Waals surface area (Å²) < 4.78 is 12.9. The summed E-state index contributed by atoms with van der Waals surface area (Å²) in [6.07, 6.45) is 7.55. The molecule has 0 radical (unpaired) electrons. The van der Waals surface area contributed by atoms with Crippen molar-refractivity contribution < 1.29 is 9.18 Å². The van der Waals surface area contributed by atoms with Gasteiger partial charge >= 0.3 is 0 Å². The molecule has 1 amide bonds. The molecule has 1 aliphatic carbocycles. The van der Waals surface area contributed by atoms with E-state index in [9.17, 15) is 14.4 Å². The molecule has 30 heavy (non-hydrogen) atoms. The van der Waals surface area contributed by atoms with Crippen LogP contribution in [0.25, 0.3) is 0 Å². The molecule has 2 aromatic carbocycles. The van der Waals surface area contributed by atoms with Gasteiger partial charge < -0.3 is 10.6 Å². The van der Waals surface area contributed by atoms with Crippen LogP contribution in [-0.4, -0.2) is 12.5 Å². The van der Waals surface area contributed by atoms with E-state index < -0.39 is 0 Å². The molecular formula is C25H28FN3O. The summed E-state index contributed by atoms with van der Waals surface area (Å²) in [5.41, 5.74) is 4.91. The number of carbonyl (C=O) groups excluding carboxylic acids is 1. The van der Waals surface area contributed by atoms with Gasteiger partial charge in [-0.15, -0.1) is 0 Å². The van der Waals surface area contributed by atoms with Crippen molar-refractivity contribution in [2.75, 3.05) is 6.54 Å². The first kappa shape index (κ1) is 21.6. The Kier molecular flexibility index (Phi) is 7.62. The zero-order valence-corrected chi connectivity index (χ0v) is 17.4. The third kappa shape index (κ3) is 5.70. The number of nitrogens with one attached hydrogen (secondary N) is 2. The first-order chi connectivity index (χ1) is 14.6. The lowest BCUT2D eigenvalue weighted by Gasteiger charge is -2.21. The normalized spacial score (nSPS) is 14.4. The summed E-state index contributed by atoms with van der Waals surface area (Å²) in [7, 11) is 0. The maximum absolute atomic E-state index is 12.9. The number of hydrogen-bond donors (Lipinski definition) is 2. The molecule has 0 spiro atoms. The second kappa shape index (κ2) is 10.6. The van der Waals surface area contributed by atoms with Crippen LogP contribution in [0.2, 0.25) is 0 Å². The van der Waals surface area contributed by atoms with Gasteiger partial charge in [0, 0.05) is 12.7 Å². The summed E-state index contributed by atoms with van der Waals surface area (Å²) in [6.45, 7) is 2.58. The van der Waals surface area contributed by atoms with Crippen molar-refractivity contribution in [3.8, 4) is 6.07 Å². The molecule has 3 rings (SSSR count). The van der Waals surface area contributed by atoms with E-state index in [2.05, 4.69) is 28.8 Å². The SMILES string of the molecule is CCC(NC(=O)/C(C#N)=C\NCCc1ccc(F)cc1)c1ccc2c(c1)CCCC2. The molecule has 0 saturated heterocycles. The largest absolute Gasteiger partial charge is 0.389 e. The second-order valence-electron chi connectivity index (χ2n) is 7.67. The van der Waals surface area contributed by atoms with Crippen LogP contribution in [0.3, 0.4) is 0 Å². The van der Waals surface area contributed by atoms with E-state index in [1.807, 2.05) is 13.0 Å². The molecule has 156 valence electrons. The van der Waals surface area contributed by atoms with Crippen molar-refractivity contribution in [2.45, 2.75) is 51.5 Å². The molecule has 2 N–H and O–H groups in total. The van der Waals surface area contributed by atoms with Crippen molar-refractivity contribution in [1.82, 2.24) is 10.6 Å². The molecule has 0 aromatic heterocycles. The zero-order valence-electron chi connectivity index (χ0n) is 17.4. The Labute approximate surface area is 177 Å². The van der Waals surface area contributed by atoms with Gasteiger partial charge in [0.2, 0.25) is 0 Å². The molecule has 4 nitrogen and oxygen atoms in total. The minimum Gasteiger partial charge on any atom is -0.389 e.